The molecular formula is C22H19F2N3O3S. The number of imidazole rings is 1. The third kappa shape index (κ3) is 5.43. The second-order valence-electron chi connectivity index (χ2n) is 6.49. The molecule has 2 aromatic heterocycles. The lowest BCUT2D eigenvalue weighted by Crippen LogP contribution is -2.01. The predicted molar refractivity (Wildman–Crippen MR) is 114 cm³/mol. The minimum absolute atomic E-state index is 0.0723. The van der Waals surface area contributed by atoms with Crippen LogP contribution in [0.2, 0.25) is 0 Å². The molecule has 0 aliphatic heterocycles. The summed E-state index contributed by atoms with van der Waals surface area (Å²) in [6, 6.07) is 16.3. The SMILES string of the molecule is COc1cc(CSc2nc3cc(OC(F)F)ccc3[nH]2)ncc1OCc1ccccc1. The maximum absolute atomic E-state index is 12.4. The molecular weight excluding hydrogens is 424 g/mol. The molecule has 6 nitrogen and oxygen atoms in total. The largest absolute Gasteiger partial charge is 0.493 e. The Bertz CT molecular complexity index is 1160. The number of H-pyrrole nitrogens is 1. The second-order valence-corrected chi connectivity index (χ2v) is 7.45. The van der Waals surface area contributed by atoms with Gasteiger partial charge in [0, 0.05) is 17.9 Å². The van der Waals surface area contributed by atoms with E-state index in [1.54, 1.807) is 19.4 Å². The number of thioether (sulfide) groups is 1. The zero-order valence-corrected chi connectivity index (χ0v) is 17.4. The number of pyridine rings is 1. The molecule has 0 unspecified atom stereocenters. The minimum atomic E-state index is -2.87. The summed E-state index contributed by atoms with van der Waals surface area (Å²) < 4.78 is 40.5. The first kappa shape index (κ1) is 20.9. The first-order valence-electron chi connectivity index (χ1n) is 9.38. The van der Waals surface area contributed by atoms with Crippen LogP contribution in [-0.4, -0.2) is 28.7 Å². The van der Waals surface area contributed by atoms with Gasteiger partial charge < -0.3 is 19.2 Å². The molecule has 0 fully saturated rings. The zero-order valence-electron chi connectivity index (χ0n) is 16.5. The summed E-state index contributed by atoms with van der Waals surface area (Å²) in [5.74, 6) is 1.77. The van der Waals surface area contributed by atoms with E-state index in [0.717, 1.165) is 16.8 Å². The maximum atomic E-state index is 12.4. The monoisotopic (exact) mass is 443 g/mol. The summed E-state index contributed by atoms with van der Waals surface area (Å²) in [7, 11) is 1.58. The van der Waals surface area contributed by atoms with Gasteiger partial charge in [0.15, 0.2) is 16.7 Å². The first-order valence-corrected chi connectivity index (χ1v) is 10.4. The van der Waals surface area contributed by atoms with Crippen molar-refractivity contribution in [2.75, 3.05) is 7.11 Å². The summed E-state index contributed by atoms with van der Waals surface area (Å²) in [6.45, 7) is -2.45. The van der Waals surface area contributed by atoms with Gasteiger partial charge in [0.2, 0.25) is 0 Å². The summed E-state index contributed by atoms with van der Waals surface area (Å²) in [5.41, 5.74) is 3.13. The molecule has 160 valence electrons. The second kappa shape index (κ2) is 9.65. The van der Waals surface area contributed by atoms with Crippen LogP contribution in [-0.2, 0) is 12.4 Å². The van der Waals surface area contributed by atoms with Gasteiger partial charge in [-0.1, -0.05) is 42.1 Å². The fourth-order valence-corrected chi connectivity index (χ4v) is 3.68. The Hall–Kier alpha value is -3.33. The molecule has 0 amide bonds. The van der Waals surface area contributed by atoms with Crippen molar-refractivity contribution < 1.29 is 23.0 Å². The van der Waals surface area contributed by atoms with Crippen molar-refractivity contribution in [3.63, 3.8) is 0 Å². The average Bonchev–Trinajstić information content (AvgIpc) is 3.19. The Kier molecular flexibility index (Phi) is 6.51. The van der Waals surface area contributed by atoms with E-state index in [0.29, 0.717) is 34.5 Å². The predicted octanol–water partition coefficient (Wildman–Crippen LogP) is 5.44. The van der Waals surface area contributed by atoms with Crippen molar-refractivity contribution in [1.82, 2.24) is 15.0 Å². The number of nitrogens with zero attached hydrogens (tertiary/aromatic N) is 2. The molecule has 0 radical (unpaired) electrons. The number of aromatic nitrogens is 3. The Morgan fingerprint density at radius 2 is 1.90 bits per heavy atom. The highest BCUT2D eigenvalue weighted by Gasteiger charge is 2.11. The van der Waals surface area contributed by atoms with Gasteiger partial charge in [0.05, 0.1) is 30.0 Å². The van der Waals surface area contributed by atoms with E-state index in [1.807, 2.05) is 36.4 Å². The van der Waals surface area contributed by atoms with Crippen LogP contribution in [0.1, 0.15) is 11.3 Å². The van der Waals surface area contributed by atoms with Crippen LogP contribution < -0.4 is 14.2 Å². The third-order valence-corrected chi connectivity index (χ3v) is 5.27. The Morgan fingerprint density at radius 1 is 1.06 bits per heavy atom. The lowest BCUT2D eigenvalue weighted by molar-refractivity contribution is -0.0497. The molecule has 2 heterocycles. The molecule has 0 bridgehead atoms. The molecule has 9 heteroatoms. The molecule has 0 aliphatic rings. The van der Waals surface area contributed by atoms with E-state index in [9.17, 15) is 8.78 Å². The standard InChI is InChI=1S/C22H19F2N3O3S/c1-28-19-9-15(25-11-20(19)29-12-14-5-3-2-4-6-14)13-31-22-26-17-8-7-16(30-21(23)24)10-18(17)27-22/h2-11,21H,12-13H2,1H3,(H,26,27). The molecule has 0 aliphatic carbocycles. The lowest BCUT2D eigenvalue weighted by Gasteiger charge is -2.11. The van der Waals surface area contributed by atoms with Crippen LogP contribution in [0.5, 0.6) is 17.2 Å². The van der Waals surface area contributed by atoms with Crippen molar-refractivity contribution in [2.45, 2.75) is 24.1 Å². The first-order chi connectivity index (χ1) is 15.1. The summed E-state index contributed by atoms with van der Waals surface area (Å²) in [6.07, 6.45) is 1.64. The number of hydrogen-bond acceptors (Lipinski definition) is 6. The van der Waals surface area contributed by atoms with Crippen molar-refractivity contribution in [1.29, 1.82) is 0 Å². The number of nitrogens with one attached hydrogen (secondary N) is 1. The molecule has 4 rings (SSSR count). The van der Waals surface area contributed by atoms with Crippen molar-refractivity contribution in [2.24, 2.45) is 0 Å². The Morgan fingerprint density at radius 3 is 2.68 bits per heavy atom. The van der Waals surface area contributed by atoms with Gasteiger partial charge in [0.25, 0.3) is 0 Å². The summed E-state index contributed by atoms with van der Waals surface area (Å²) >= 11 is 1.44. The van der Waals surface area contributed by atoms with Crippen molar-refractivity contribution >= 4 is 22.8 Å². The van der Waals surface area contributed by atoms with Crippen molar-refractivity contribution in [3.05, 3.63) is 72.1 Å². The number of alkyl halides is 2. The van der Waals surface area contributed by atoms with Crippen LogP contribution in [0.3, 0.4) is 0 Å². The highest BCUT2D eigenvalue weighted by atomic mass is 32.2. The number of hydrogen-bond donors (Lipinski definition) is 1. The molecule has 0 saturated heterocycles. The minimum Gasteiger partial charge on any atom is -0.493 e. The van der Waals surface area contributed by atoms with Gasteiger partial charge in [-0.05, 0) is 17.7 Å². The smallest absolute Gasteiger partial charge is 0.387 e. The maximum Gasteiger partial charge on any atom is 0.387 e. The normalized spacial score (nSPS) is 11.1. The summed E-state index contributed by atoms with van der Waals surface area (Å²) in [5, 5.41) is 0.648. The molecule has 0 spiro atoms. The molecule has 2 aromatic carbocycles. The lowest BCUT2D eigenvalue weighted by atomic mass is 10.2. The van der Waals surface area contributed by atoms with Crippen molar-refractivity contribution in [3.8, 4) is 17.2 Å². The fourth-order valence-electron chi connectivity index (χ4n) is 2.90. The summed E-state index contributed by atoms with van der Waals surface area (Å²) in [4.78, 5) is 12.0. The molecule has 1 N–H and O–H groups in total. The molecule has 0 atom stereocenters. The fraction of sp³-hybridized carbons (Fsp3) is 0.182. The highest BCUT2D eigenvalue weighted by Crippen LogP contribution is 2.30. The van der Waals surface area contributed by atoms with Gasteiger partial charge in [-0.2, -0.15) is 8.78 Å². The van der Waals surface area contributed by atoms with E-state index in [4.69, 9.17) is 9.47 Å². The zero-order chi connectivity index (χ0) is 21.6. The van der Waals surface area contributed by atoms with E-state index in [2.05, 4.69) is 19.7 Å². The van der Waals surface area contributed by atoms with Crippen LogP contribution in [0.15, 0.2) is 66.0 Å². The van der Waals surface area contributed by atoms with E-state index in [1.165, 1.54) is 23.9 Å². The molecule has 4 aromatic rings. The number of rotatable bonds is 9. The van der Waals surface area contributed by atoms with Crippen LogP contribution >= 0.6 is 11.8 Å². The van der Waals surface area contributed by atoms with Crippen LogP contribution in [0.25, 0.3) is 11.0 Å². The average molecular weight is 443 g/mol. The quantitative estimate of drug-likeness (QED) is 0.348. The van der Waals surface area contributed by atoms with E-state index >= 15 is 0 Å². The third-order valence-electron chi connectivity index (χ3n) is 4.36. The highest BCUT2D eigenvalue weighted by molar-refractivity contribution is 7.98. The number of ether oxygens (including phenoxy) is 3. The van der Waals surface area contributed by atoms with Gasteiger partial charge >= 0.3 is 6.61 Å². The van der Waals surface area contributed by atoms with Gasteiger partial charge in [0.1, 0.15) is 12.4 Å². The number of halogens is 2. The molecule has 31 heavy (non-hydrogen) atoms. The Balaban J connectivity index is 1.41. The number of benzene rings is 2. The Labute approximate surface area is 181 Å². The van der Waals surface area contributed by atoms with Crippen LogP contribution in [0, 0.1) is 0 Å². The van der Waals surface area contributed by atoms with Gasteiger partial charge in [-0.3, -0.25) is 4.98 Å². The van der Waals surface area contributed by atoms with E-state index in [-0.39, 0.29) is 5.75 Å². The topological polar surface area (TPSA) is 69.3 Å². The number of fused-ring (bicyclic) bond motifs is 1. The van der Waals surface area contributed by atoms with E-state index < -0.39 is 6.61 Å². The van der Waals surface area contributed by atoms with Crippen LogP contribution in [0.4, 0.5) is 8.78 Å². The molecule has 0 saturated carbocycles. The van der Waals surface area contributed by atoms with Gasteiger partial charge in [-0.25, -0.2) is 4.98 Å². The number of aromatic amines is 1. The number of methoxy groups -OCH3 is 1. The van der Waals surface area contributed by atoms with Gasteiger partial charge in [-0.15, -0.1) is 0 Å².